The lowest BCUT2D eigenvalue weighted by molar-refractivity contribution is -0.142. The molecule has 116 valence electrons. The maximum atomic E-state index is 11.3. The molecule has 0 saturated carbocycles. The van der Waals surface area contributed by atoms with E-state index in [0.29, 0.717) is 42.1 Å². The first-order valence-corrected chi connectivity index (χ1v) is 7.76. The summed E-state index contributed by atoms with van der Waals surface area (Å²) in [6, 6.07) is 0. The highest BCUT2D eigenvalue weighted by Gasteiger charge is 2.27. The molecule has 1 fully saturated rings. The van der Waals surface area contributed by atoms with Gasteiger partial charge in [0.1, 0.15) is 21.9 Å². The predicted molar refractivity (Wildman–Crippen MR) is 81.7 cm³/mol. The Morgan fingerprint density at radius 3 is 2.55 bits per heavy atom. The van der Waals surface area contributed by atoms with Gasteiger partial charge in [0.25, 0.3) is 0 Å². The van der Waals surface area contributed by atoms with Crippen LogP contribution in [0.4, 0.5) is 5.82 Å². The molecule has 1 saturated heterocycles. The Morgan fingerprint density at radius 2 is 1.95 bits per heavy atom. The normalized spacial score (nSPS) is 16.1. The Kier molecular flexibility index (Phi) is 3.69. The highest BCUT2D eigenvalue weighted by Crippen LogP contribution is 2.36. The van der Waals surface area contributed by atoms with E-state index in [0.717, 1.165) is 16.7 Å². The molecule has 0 aromatic carbocycles. The zero-order chi connectivity index (χ0) is 15.9. The molecule has 0 unspecified atom stereocenters. The van der Waals surface area contributed by atoms with Gasteiger partial charge < -0.3 is 15.1 Å². The quantitative estimate of drug-likeness (QED) is 0.891. The number of anilines is 1. The lowest BCUT2D eigenvalue weighted by Gasteiger charge is -2.31. The summed E-state index contributed by atoms with van der Waals surface area (Å²) in [6.07, 6.45) is 2.56. The molecule has 7 nitrogen and oxygen atoms in total. The summed E-state index contributed by atoms with van der Waals surface area (Å²) in [5, 5.41) is 19.1. The van der Waals surface area contributed by atoms with Crippen LogP contribution >= 0.6 is 11.3 Å². The van der Waals surface area contributed by atoms with E-state index in [4.69, 9.17) is 5.11 Å². The fourth-order valence-electron chi connectivity index (χ4n) is 2.84. The van der Waals surface area contributed by atoms with Gasteiger partial charge in [-0.15, -0.1) is 11.3 Å². The van der Waals surface area contributed by atoms with Gasteiger partial charge in [-0.05, 0) is 25.3 Å². The van der Waals surface area contributed by atoms with Gasteiger partial charge >= 0.3 is 11.9 Å². The van der Waals surface area contributed by atoms with E-state index >= 15 is 0 Å². The van der Waals surface area contributed by atoms with E-state index in [2.05, 4.69) is 9.97 Å². The van der Waals surface area contributed by atoms with Crippen molar-refractivity contribution in [3.8, 4) is 0 Å². The molecule has 2 aromatic heterocycles. The van der Waals surface area contributed by atoms with Crippen LogP contribution in [0, 0.1) is 12.8 Å². The second kappa shape index (κ2) is 5.53. The van der Waals surface area contributed by atoms with Crippen molar-refractivity contribution in [3.63, 3.8) is 0 Å². The average molecular weight is 321 g/mol. The third kappa shape index (κ3) is 2.39. The van der Waals surface area contributed by atoms with E-state index in [1.165, 1.54) is 6.33 Å². The van der Waals surface area contributed by atoms with Gasteiger partial charge in [-0.1, -0.05) is 0 Å². The fraction of sp³-hybridized carbons (Fsp3) is 0.429. The Labute approximate surface area is 130 Å². The van der Waals surface area contributed by atoms with Crippen molar-refractivity contribution in [2.75, 3.05) is 18.0 Å². The molecule has 2 aromatic rings. The number of nitrogens with zero attached hydrogens (tertiary/aromatic N) is 3. The number of rotatable bonds is 3. The summed E-state index contributed by atoms with van der Waals surface area (Å²) in [6.45, 7) is 2.96. The van der Waals surface area contributed by atoms with Crippen LogP contribution in [0.3, 0.4) is 0 Å². The number of carbonyl (C=O) groups is 2. The minimum absolute atomic E-state index is 0.275. The highest BCUT2D eigenvalue weighted by molar-refractivity contribution is 7.20. The van der Waals surface area contributed by atoms with Gasteiger partial charge in [0.05, 0.1) is 11.3 Å². The fourth-order valence-corrected chi connectivity index (χ4v) is 3.82. The van der Waals surface area contributed by atoms with Crippen LogP contribution in [0.15, 0.2) is 6.33 Å². The van der Waals surface area contributed by atoms with E-state index in [1.807, 2.05) is 4.90 Å². The molecule has 2 N–H and O–H groups in total. The van der Waals surface area contributed by atoms with Crippen molar-refractivity contribution in [2.45, 2.75) is 19.8 Å². The van der Waals surface area contributed by atoms with Crippen LogP contribution in [0.1, 0.15) is 28.1 Å². The van der Waals surface area contributed by atoms with E-state index in [1.54, 1.807) is 6.92 Å². The van der Waals surface area contributed by atoms with Gasteiger partial charge in [-0.3, -0.25) is 4.79 Å². The number of carboxylic acids is 2. The van der Waals surface area contributed by atoms with Crippen molar-refractivity contribution < 1.29 is 19.8 Å². The van der Waals surface area contributed by atoms with Crippen LogP contribution in [-0.2, 0) is 4.79 Å². The number of piperidine rings is 1. The topological polar surface area (TPSA) is 104 Å². The maximum Gasteiger partial charge on any atom is 0.346 e. The number of aromatic carboxylic acids is 1. The summed E-state index contributed by atoms with van der Waals surface area (Å²) in [5.74, 6) is -1.33. The van der Waals surface area contributed by atoms with Crippen molar-refractivity contribution in [1.29, 1.82) is 0 Å². The van der Waals surface area contributed by atoms with Crippen LogP contribution in [0.25, 0.3) is 10.2 Å². The van der Waals surface area contributed by atoms with Crippen molar-refractivity contribution in [2.24, 2.45) is 5.92 Å². The number of hydrogen-bond donors (Lipinski definition) is 2. The largest absolute Gasteiger partial charge is 0.481 e. The van der Waals surface area contributed by atoms with Gasteiger partial charge in [0.2, 0.25) is 0 Å². The number of carboxylic acid groups (broad SMARTS) is 2. The van der Waals surface area contributed by atoms with Gasteiger partial charge in [0.15, 0.2) is 0 Å². The molecule has 3 rings (SSSR count). The first-order valence-electron chi connectivity index (χ1n) is 6.94. The summed E-state index contributed by atoms with van der Waals surface area (Å²) >= 11 is 1.14. The second-order valence-corrected chi connectivity index (χ2v) is 6.34. The zero-order valence-electron chi connectivity index (χ0n) is 11.9. The van der Waals surface area contributed by atoms with E-state index in [-0.39, 0.29) is 10.8 Å². The number of aromatic nitrogens is 2. The van der Waals surface area contributed by atoms with Gasteiger partial charge in [-0.2, -0.15) is 0 Å². The molecule has 0 aliphatic carbocycles. The standard InChI is InChI=1S/C14H15N3O4S/c1-7-9-11(17-4-2-8(3-5-17)13(18)19)15-6-16-12(9)22-10(7)14(20)21/h6,8H,2-5H2,1H3,(H,18,19)(H,20,21). The molecule has 0 bridgehead atoms. The molecular weight excluding hydrogens is 306 g/mol. The van der Waals surface area contributed by atoms with Gasteiger partial charge in [-0.25, -0.2) is 14.8 Å². The maximum absolute atomic E-state index is 11.3. The molecule has 0 spiro atoms. The van der Waals surface area contributed by atoms with Crippen molar-refractivity contribution >= 4 is 39.3 Å². The summed E-state index contributed by atoms with van der Waals surface area (Å²) in [7, 11) is 0. The van der Waals surface area contributed by atoms with Crippen LogP contribution < -0.4 is 4.90 Å². The summed E-state index contributed by atoms with van der Waals surface area (Å²) in [5.41, 5.74) is 0.670. The Hall–Kier alpha value is -2.22. The molecule has 8 heteroatoms. The number of aryl methyl sites for hydroxylation is 1. The molecule has 0 amide bonds. The zero-order valence-corrected chi connectivity index (χ0v) is 12.8. The molecule has 3 heterocycles. The minimum Gasteiger partial charge on any atom is -0.481 e. The Balaban J connectivity index is 1.98. The molecule has 0 radical (unpaired) electrons. The van der Waals surface area contributed by atoms with Crippen LogP contribution in [0.2, 0.25) is 0 Å². The summed E-state index contributed by atoms with van der Waals surface area (Å²) in [4.78, 5) is 33.7. The molecule has 1 aliphatic heterocycles. The Bertz CT molecular complexity index is 750. The number of fused-ring (bicyclic) bond motifs is 1. The highest BCUT2D eigenvalue weighted by atomic mass is 32.1. The first-order chi connectivity index (χ1) is 10.5. The number of thiophene rings is 1. The molecule has 0 atom stereocenters. The molecule has 1 aliphatic rings. The third-order valence-corrected chi connectivity index (χ3v) is 5.23. The predicted octanol–water partition coefficient (Wildman–Crippen LogP) is 2.00. The van der Waals surface area contributed by atoms with Gasteiger partial charge in [0, 0.05) is 13.1 Å². The monoisotopic (exact) mass is 321 g/mol. The third-order valence-electron chi connectivity index (χ3n) is 4.04. The number of hydrogen-bond acceptors (Lipinski definition) is 6. The van der Waals surface area contributed by atoms with Crippen LogP contribution in [0.5, 0.6) is 0 Å². The van der Waals surface area contributed by atoms with E-state index < -0.39 is 11.9 Å². The molecule has 22 heavy (non-hydrogen) atoms. The smallest absolute Gasteiger partial charge is 0.346 e. The minimum atomic E-state index is -0.962. The van der Waals surface area contributed by atoms with Crippen molar-refractivity contribution in [1.82, 2.24) is 9.97 Å². The van der Waals surface area contributed by atoms with Crippen molar-refractivity contribution in [3.05, 3.63) is 16.8 Å². The second-order valence-electron chi connectivity index (χ2n) is 5.34. The molecular formula is C14H15N3O4S. The lowest BCUT2D eigenvalue weighted by Crippen LogP contribution is -2.36. The van der Waals surface area contributed by atoms with E-state index in [9.17, 15) is 14.7 Å². The average Bonchev–Trinajstić information content (AvgIpc) is 2.85. The first kappa shape index (κ1) is 14.7. The lowest BCUT2D eigenvalue weighted by atomic mass is 9.97. The summed E-state index contributed by atoms with van der Waals surface area (Å²) < 4.78 is 0. The number of aliphatic carboxylic acids is 1. The Morgan fingerprint density at radius 1 is 1.27 bits per heavy atom. The van der Waals surface area contributed by atoms with Crippen LogP contribution in [-0.4, -0.2) is 45.2 Å². The SMILES string of the molecule is Cc1c(C(=O)O)sc2ncnc(N3CCC(C(=O)O)CC3)c12.